The molecular formula is C16H24N2O2S. The molecule has 0 spiro atoms. The Balaban J connectivity index is 1.81. The minimum atomic E-state index is -3.09. The van der Waals surface area contributed by atoms with Gasteiger partial charge < -0.3 is 10.2 Å². The number of benzene rings is 1. The SMILES string of the molecule is CC1CN(C)CCC1NC1CCS(=O)(=O)c2ccccc21. The van der Waals surface area contributed by atoms with Gasteiger partial charge in [0.1, 0.15) is 0 Å². The molecule has 1 aromatic rings. The van der Waals surface area contributed by atoms with Crippen molar-refractivity contribution < 1.29 is 8.42 Å². The zero-order chi connectivity index (χ0) is 15.0. The van der Waals surface area contributed by atoms with Crippen LogP contribution in [0.3, 0.4) is 0 Å². The van der Waals surface area contributed by atoms with E-state index in [2.05, 4.69) is 24.2 Å². The summed E-state index contributed by atoms with van der Waals surface area (Å²) in [5.74, 6) is 0.845. The molecule has 0 bridgehead atoms. The lowest BCUT2D eigenvalue weighted by Gasteiger charge is -2.38. The third kappa shape index (κ3) is 3.00. The fourth-order valence-electron chi connectivity index (χ4n) is 3.62. The second-order valence-corrected chi connectivity index (χ2v) is 8.58. The predicted octanol–water partition coefficient (Wildman–Crippen LogP) is 1.83. The molecule has 2 aliphatic heterocycles. The Morgan fingerprint density at radius 3 is 2.76 bits per heavy atom. The maximum atomic E-state index is 12.2. The summed E-state index contributed by atoms with van der Waals surface area (Å²) >= 11 is 0. The largest absolute Gasteiger partial charge is 0.307 e. The van der Waals surface area contributed by atoms with Crippen LogP contribution in [0.4, 0.5) is 0 Å². The molecule has 0 saturated carbocycles. The van der Waals surface area contributed by atoms with Crippen LogP contribution in [0.5, 0.6) is 0 Å². The molecule has 3 rings (SSSR count). The van der Waals surface area contributed by atoms with Gasteiger partial charge in [-0.2, -0.15) is 0 Å². The average molecular weight is 308 g/mol. The first-order valence-corrected chi connectivity index (χ1v) is 9.39. The monoisotopic (exact) mass is 308 g/mol. The van der Waals surface area contributed by atoms with Crippen molar-refractivity contribution in [1.29, 1.82) is 0 Å². The van der Waals surface area contributed by atoms with Gasteiger partial charge in [-0.05, 0) is 44.0 Å². The number of sulfone groups is 1. The zero-order valence-electron chi connectivity index (χ0n) is 12.7. The van der Waals surface area contributed by atoms with Crippen LogP contribution in [0.25, 0.3) is 0 Å². The Bertz CT molecular complexity index is 614. The van der Waals surface area contributed by atoms with Gasteiger partial charge in [0.15, 0.2) is 9.84 Å². The van der Waals surface area contributed by atoms with Crippen LogP contribution in [0.15, 0.2) is 29.2 Å². The van der Waals surface area contributed by atoms with Gasteiger partial charge in [0.05, 0.1) is 10.6 Å². The Morgan fingerprint density at radius 1 is 1.24 bits per heavy atom. The Labute approximate surface area is 127 Å². The summed E-state index contributed by atoms with van der Waals surface area (Å²) in [5, 5.41) is 3.73. The van der Waals surface area contributed by atoms with Gasteiger partial charge in [0.2, 0.25) is 0 Å². The van der Waals surface area contributed by atoms with Crippen LogP contribution < -0.4 is 5.32 Å². The summed E-state index contributed by atoms with van der Waals surface area (Å²) < 4.78 is 24.4. The van der Waals surface area contributed by atoms with Crippen molar-refractivity contribution in [3.05, 3.63) is 29.8 Å². The van der Waals surface area contributed by atoms with Crippen LogP contribution in [0.2, 0.25) is 0 Å². The first kappa shape index (κ1) is 15.0. The van der Waals surface area contributed by atoms with Crippen molar-refractivity contribution in [3.63, 3.8) is 0 Å². The quantitative estimate of drug-likeness (QED) is 0.906. The second-order valence-electron chi connectivity index (χ2n) is 6.50. The minimum Gasteiger partial charge on any atom is -0.307 e. The molecule has 0 radical (unpaired) electrons. The molecule has 1 fully saturated rings. The Kier molecular flexibility index (Phi) is 4.08. The maximum absolute atomic E-state index is 12.2. The number of hydrogen-bond acceptors (Lipinski definition) is 4. The maximum Gasteiger partial charge on any atom is 0.178 e. The summed E-state index contributed by atoms with van der Waals surface area (Å²) in [4.78, 5) is 2.89. The molecular weight excluding hydrogens is 284 g/mol. The van der Waals surface area contributed by atoms with Gasteiger partial charge >= 0.3 is 0 Å². The van der Waals surface area contributed by atoms with Crippen molar-refractivity contribution >= 4 is 9.84 Å². The van der Waals surface area contributed by atoms with E-state index in [1.807, 2.05) is 18.2 Å². The van der Waals surface area contributed by atoms with Gasteiger partial charge in [0.25, 0.3) is 0 Å². The summed E-state index contributed by atoms with van der Waals surface area (Å²) in [6.07, 6.45) is 1.81. The predicted molar refractivity (Wildman–Crippen MR) is 84.1 cm³/mol. The highest BCUT2D eigenvalue weighted by atomic mass is 32.2. The van der Waals surface area contributed by atoms with Gasteiger partial charge in [-0.1, -0.05) is 25.1 Å². The minimum absolute atomic E-state index is 0.167. The lowest BCUT2D eigenvalue weighted by molar-refractivity contribution is 0.164. The number of nitrogens with zero attached hydrogens (tertiary/aromatic N) is 1. The van der Waals surface area contributed by atoms with E-state index in [0.717, 1.165) is 25.1 Å². The molecule has 5 heteroatoms. The molecule has 2 heterocycles. The zero-order valence-corrected chi connectivity index (χ0v) is 13.6. The fraction of sp³-hybridized carbons (Fsp3) is 0.625. The van der Waals surface area contributed by atoms with Crippen LogP contribution >= 0.6 is 0 Å². The van der Waals surface area contributed by atoms with Crippen LogP contribution in [-0.4, -0.2) is 45.2 Å². The lowest BCUT2D eigenvalue weighted by atomic mass is 9.92. The van der Waals surface area contributed by atoms with Gasteiger partial charge in [-0.25, -0.2) is 8.42 Å². The van der Waals surface area contributed by atoms with E-state index in [9.17, 15) is 8.42 Å². The van der Waals surface area contributed by atoms with Crippen molar-refractivity contribution in [2.24, 2.45) is 5.92 Å². The molecule has 2 aliphatic rings. The molecule has 0 amide bonds. The van der Waals surface area contributed by atoms with Crippen LogP contribution in [0, 0.1) is 5.92 Å². The second kappa shape index (κ2) is 5.71. The summed E-state index contributed by atoms with van der Waals surface area (Å²) in [7, 11) is -0.924. The van der Waals surface area contributed by atoms with E-state index < -0.39 is 9.84 Å². The highest BCUT2D eigenvalue weighted by molar-refractivity contribution is 7.91. The summed E-state index contributed by atoms with van der Waals surface area (Å²) in [5.41, 5.74) is 0.954. The van der Waals surface area contributed by atoms with E-state index in [0.29, 0.717) is 23.3 Å². The standard InChI is InChI=1S/C16H24N2O2S/c1-12-11-18(2)9-7-14(12)17-15-8-10-21(19,20)16-6-4-3-5-13(15)16/h3-6,12,14-15,17H,7-11H2,1-2H3. The van der Waals surface area contributed by atoms with E-state index >= 15 is 0 Å². The smallest absolute Gasteiger partial charge is 0.178 e. The highest BCUT2D eigenvalue weighted by Crippen LogP contribution is 2.33. The number of rotatable bonds is 2. The molecule has 3 atom stereocenters. The molecule has 4 nitrogen and oxygen atoms in total. The third-order valence-electron chi connectivity index (χ3n) is 4.83. The summed E-state index contributed by atoms with van der Waals surface area (Å²) in [6.45, 7) is 4.48. The van der Waals surface area contributed by atoms with E-state index in [1.165, 1.54) is 0 Å². The Hall–Kier alpha value is -0.910. The van der Waals surface area contributed by atoms with Crippen molar-refractivity contribution in [2.45, 2.75) is 36.7 Å². The van der Waals surface area contributed by atoms with Crippen molar-refractivity contribution in [1.82, 2.24) is 10.2 Å². The molecule has 116 valence electrons. The number of fused-ring (bicyclic) bond motifs is 1. The van der Waals surface area contributed by atoms with E-state index in [1.54, 1.807) is 6.07 Å². The number of likely N-dealkylation sites (tertiary alicyclic amines) is 1. The molecule has 3 unspecified atom stereocenters. The first-order valence-electron chi connectivity index (χ1n) is 7.73. The fourth-order valence-corrected chi connectivity index (χ4v) is 5.24. The van der Waals surface area contributed by atoms with Crippen molar-refractivity contribution in [2.75, 3.05) is 25.9 Å². The highest BCUT2D eigenvalue weighted by Gasteiger charge is 2.33. The van der Waals surface area contributed by atoms with Gasteiger partial charge in [-0.3, -0.25) is 0 Å². The van der Waals surface area contributed by atoms with Crippen molar-refractivity contribution in [3.8, 4) is 0 Å². The van der Waals surface area contributed by atoms with E-state index in [4.69, 9.17) is 0 Å². The van der Waals surface area contributed by atoms with Gasteiger partial charge in [0, 0.05) is 18.6 Å². The van der Waals surface area contributed by atoms with Gasteiger partial charge in [-0.15, -0.1) is 0 Å². The molecule has 21 heavy (non-hydrogen) atoms. The normalized spacial score (nSPS) is 32.6. The Morgan fingerprint density at radius 2 is 2.00 bits per heavy atom. The number of hydrogen-bond donors (Lipinski definition) is 1. The van der Waals surface area contributed by atoms with Crippen LogP contribution in [-0.2, 0) is 9.84 Å². The molecule has 1 N–H and O–H groups in total. The first-order chi connectivity index (χ1) is 9.97. The number of nitrogens with one attached hydrogen (secondary N) is 1. The molecule has 1 saturated heterocycles. The average Bonchev–Trinajstić information content (AvgIpc) is 2.45. The van der Waals surface area contributed by atoms with E-state index in [-0.39, 0.29) is 11.8 Å². The molecule has 0 aliphatic carbocycles. The third-order valence-corrected chi connectivity index (χ3v) is 6.64. The number of piperidine rings is 1. The molecule has 1 aromatic carbocycles. The topological polar surface area (TPSA) is 49.4 Å². The van der Waals surface area contributed by atoms with Crippen LogP contribution in [0.1, 0.15) is 31.4 Å². The lowest BCUT2D eigenvalue weighted by Crippen LogP contribution is -2.48. The molecule has 0 aromatic heterocycles. The summed E-state index contributed by atoms with van der Waals surface area (Å²) in [6, 6.07) is 8.10.